The van der Waals surface area contributed by atoms with E-state index in [2.05, 4.69) is 4.18 Å². The summed E-state index contributed by atoms with van der Waals surface area (Å²) in [6.07, 6.45) is 0. The van der Waals surface area contributed by atoms with E-state index in [-0.39, 0.29) is 5.75 Å². The van der Waals surface area contributed by atoms with Gasteiger partial charge in [-0.3, -0.25) is 0 Å². The van der Waals surface area contributed by atoms with E-state index < -0.39 is 15.6 Å². The Balaban J connectivity index is 2.36. The lowest BCUT2D eigenvalue weighted by atomic mass is 9.98. The number of alkyl halides is 3. The molecule has 0 N–H and O–H groups in total. The third kappa shape index (κ3) is 3.64. The monoisotopic (exact) mass is 360 g/mol. The van der Waals surface area contributed by atoms with E-state index in [1.807, 2.05) is 13.0 Å². The van der Waals surface area contributed by atoms with Gasteiger partial charge in [-0.05, 0) is 60.4 Å². The van der Waals surface area contributed by atoms with Gasteiger partial charge in [-0.25, -0.2) is 0 Å². The summed E-state index contributed by atoms with van der Waals surface area (Å²) in [5, 5.41) is 0. The highest BCUT2D eigenvalue weighted by molar-refractivity contribution is 7.88. The van der Waals surface area contributed by atoms with Gasteiger partial charge in [0.2, 0.25) is 0 Å². The fourth-order valence-electron chi connectivity index (χ4n) is 2.23. The molecular formula is C16H15F3O4S. The lowest BCUT2D eigenvalue weighted by molar-refractivity contribution is -0.0500. The molecule has 2 aromatic carbocycles. The second kappa shape index (κ2) is 6.35. The molecule has 0 bridgehead atoms. The van der Waals surface area contributed by atoms with E-state index in [0.29, 0.717) is 11.3 Å². The number of benzene rings is 2. The Morgan fingerprint density at radius 3 is 2.12 bits per heavy atom. The number of hydrogen-bond acceptors (Lipinski definition) is 4. The van der Waals surface area contributed by atoms with E-state index in [1.54, 1.807) is 26.2 Å². The summed E-state index contributed by atoms with van der Waals surface area (Å²) in [7, 11) is -4.12. The first-order valence-electron chi connectivity index (χ1n) is 6.81. The van der Waals surface area contributed by atoms with Gasteiger partial charge >= 0.3 is 15.6 Å². The minimum atomic E-state index is -5.68. The zero-order valence-electron chi connectivity index (χ0n) is 13.1. The van der Waals surface area contributed by atoms with Crippen LogP contribution in [0.3, 0.4) is 0 Å². The van der Waals surface area contributed by atoms with Gasteiger partial charge in [0.1, 0.15) is 11.5 Å². The quantitative estimate of drug-likeness (QED) is 0.605. The lowest BCUT2D eigenvalue weighted by Crippen LogP contribution is -2.28. The predicted molar refractivity (Wildman–Crippen MR) is 83.5 cm³/mol. The molecule has 0 aliphatic heterocycles. The van der Waals surface area contributed by atoms with Gasteiger partial charge < -0.3 is 8.92 Å². The van der Waals surface area contributed by atoms with Crippen LogP contribution in [0.4, 0.5) is 13.2 Å². The van der Waals surface area contributed by atoms with Crippen molar-refractivity contribution < 1.29 is 30.5 Å². The first kappa shape index (κ1) is 18.1. The molecule has 0 unspecified atom stereocenters. The number of methoxy groups -OCH3 is 1. The molecule has 130 valence electrons. The predicted octanol–water partition coefficient (Wildman–Crippen LogP) is 4.21. The highest BCUT2D eigenvalue weighted by atomic mass is 32.2. The Kier molecular flexibility index (Phi) is 4.80. The maximum absolute atomic E-state index is 12.4. The van der Waals surface area contributed by atoms with Crippen LogP contribution < -0.4 is 8.92 Å². The van der Waals surface area contributed by atoms with Crippen molar-refractivity contribution in [1.82, 2.24) is 0 Å². The van der Waals surface area contributed by atoms with Crippen LogP contribution in [0.2, 0.25) is 0 Å². The summed E-state index contributed by atoms with van der Waals surface area (Å²) in [5.74, 6) is 0.325. The molecule has 4 nitrogen and oxygen atoms in total. The Morgan fingerprint density at radius 1 is 0.958 bits per heavy atom. The van der Waals surface area contributed by atoms with E-state index in [0.717, 1.165) is 16.7 Å². The first-order chi connectivity index (χ1) is 11.0. The van der Waals surface area contributed by atoms with Crippen molar-refractivity contribution in [2.24, 2.45) is 0 Å². The molecule has 0 aliphatic rings. The van der Waals surface area contributed by atoms with Crippen LogP contribution in [0.5, 0.6) is 11.5 Å². The summed E-state index contributed by atoms with van der Waals surface area (Å²) in [4.78, 5) is 0. The standard InChI is InChI=1S/C16H15F3O4S/c1-10-9-13(23-24(20,21)16(17,18)19)5-6-14(10)12-4-7-15(22-3)11(2)8-12/h4-9H,1-3H3. The van der Waals surface area contributed by atoms with E-state index in [4.69, 9.17) is 4.74 Å². The molecule has 0 spiro atoms. The van der Waals surface area contributed by atoms with Crippen LogP contribution in [0, 0.1) is 13.8 Å². The fourth-order valence-corrected chi connectivity index (χ4v) is 2.68. The molecule has 0 atom stereocenters. The minimum Gasteiger partial charge on any atom is -0.496 e. The summed E-state index contributed by atoms with van der Waals surface area (Å²) < 4.78 is 68.5. The second-order valence-electron chi connectivity index (χ2n) is 5.14. The van der Waals surface area contributed by atoms with Crippen LogP contribution in [0.1, 0.15) is 11.1 Å². The average molecular weight is 360 g/mol. The molecule has 2 aromatic rings. The van der Waals surface area contributed by atoms with Crippen LogP contribution in [0.25, 0.3) is 11.1 Å². The molecule has 2 rings (SSSR count). The van der Waals surface area contributed by atoms with Crippen LogP contribution in [-0.2, 0) is 10.1 Å². The van der Waals surface area contributed by atoms with Gasteiger partial charge in [0, 0.05) is 0 Å². The molecule has 0 heterocycles. The van der Waals surface area contributed by atoms with Crippen molar-refractivity contribution in [3.63, 3.8) is 0 Å². The third-order valence-electron chi connectivity index (χ3n) is 3.39. The molecule has 8 heteroatoms. The molecule has 24 heavy (non-hydrogen) atoms. The van der Waals surface area contributed by atoms with Crippen molar-refractivity contribution in [2.75, 3.05) is 7.11 Å². The van der Waals surface area contributed by atoms with Crippen LogP contribution in [-0.4, -0.2) is 21.0 Å². The summed E-state index contributed by atoms with van der Waals surface area (Å²) in [5.41, 5.74) is -2.41. The van der Waals surface area contributed by atoms with Gasteiger partial charge in [0.25, 0.3) is 0 Å². The molecule has 0 saturated heterocycles. The Hall–Kier alpha value is -2.22. The summed E-state index contributed by atoms with van der Waals surface area (Å²) >= 11 is 0. The lowest BCUT2D eigenvalue weighted by Gasteiger charge is -2.13. The molecule has 0 radical (unpaired) electrons. The third-order valence-corrected chi connectivity index (χ3v) is 4.37. The molecule has 0 saturated carbocycles. The summed E-state index contributed by atoms with van der Waals surface area (Å²) in [6, 6.07) is 9.40. The van der Waals surface area contributed by atoms with E-state index >= 15 is 0 Å². The zero-order chi connectivity index (χ0) is 18.1. The van der Waals surface area contributed by atoms with E-state index in [9.17, 15) is 21.6 Å². The van der Waals surface area contributed by atoms with E-state index in [1.165, 1.54) is 18.2 Å². The van der Waals surface area contributed by atoms with Gasteiger partial charge in [0.05, 0.1) is 7.11 Å². The first-order valence-corrected chi connectivity index (χ1v) is 8.22. The number of rotatable bonds is 4. The minimum absolute atomic E-state index is 0.390. The molecule has 0 aromatic heterocycles. The van der Waals surface area contributed by atoms with Crippen LogP contribution >= 0.6 is 0 Å². The van der Waals surface area contributed by atoms with Gasteiger partial charge in [-0.1, -0.05) is 12.1 Å². The molecule has 0 amide bonds. The Morgan fingerprint density at radius 2 is 1.62 bits per heavy atom. The van der Waals surface area contributed by atoms with Crippen molar-refractivity contribution in [2.45, 2.75) is 19.4 Å². The van der Waals surface area contributed by atoms with Crippen molar-refractivity contribution in [1.29, 1.82) is 0 Å². The zero-order valence-corrected chi connectivity index (χ0v) is 14.0. The fraction of sp³-hybridized carbons (Fsp3) is 0.250. The Labute approximate surface area is 138 Å². The highest BCUT2D eigenvalue weighted by Crippen LogP contribution is 2.32. The van der Waals surface area contributed by atoms with Gasteiger partial charge in [0.15, 0.2) is 0 Å². The SMILES string of the molecule is COc1ccc(-c2ccc(OS(=O)(=O)C(F)(F)F)cc2C)cc1C. The second-order valence-corrected chi connectivity index (χ2v) is 6.68. The molecule has 0 aliphatic carbocycles. The highest BCUT2D eigenvalue weighted by Gasteiger charge is 2.48. The van der Waals surface area contributed by atoms with Crippen LogP contribution in [0.15, 0.2) is 36.4 Å². The van der Waals surface area contributed by atoms with Crippen molar-refractivity contribution in [3.8, 4) is 22.6 Å². The normalized spacial score (nSPS) is 12.1. The molecule has 0 fully saturated rings. The number of halogens is 3. The maximum Gasteiger partial charge on any atom is 0.534 e. The number of aryl methyl sites for hydroxylation is 2. The number of hydrogen-bond donors (Lipinski definition) is 0. The maximum atomic E-state index is 12.4. The van der Waals surface area contributed by atoms with Gasteiger partial charge in [-0.15, -0.1) is 0 Å². The average Bonchev–Trinajstić information content (AvgIpc) is 2.45. The number of ether oxygens (including phenoxy) is 1. The van der Waals surface area contributed by atoms with Crippen molar-refractivity contribution >= 4 is 10.1 Å². The van der Waals surface area contributed by atoms with Crippen molar-refractivity contribution in [3.05, 3.63) is 47.5 Å². The molecular weight excluding hydrogens is 345 g/mol. The summed E-state index contributed by atoms with van der Waals surface area (Å²) in [6.45, 7) is 3.52. The smallest absolute Gasteiger partial charge is 0.496 e. The largest absolute Gasteiger partial charge is 0.534 e. The Bertz CT molecular complexity index is 858. The van der Waals surface area contributed by atoms with Gasteiger partial charge in [-0.2, -0.15) is 21.6 Å². The topological polar surface area (TPSA) is 52.6 Å².